The molecule has 0 saturated carbocycles. The standard InChI is InChI=1S/C92H117N17O19S/c1-11-12-29-73-90(126)106(7)51-78(114)98-69(46-80(116)117)86(122)104-81(55(4)5)92(128)108(9)74(43-57-24-17-14-18-25-57)87(123)102-70(42-59-32-36-63(111)37-33-59)88(124)105(6)50-77(113)97-68(45-61-48-95-65-28-20-19-27-64(61)65)85(121)101-67(40-58-30-34-62(110)35-31-58)84(120)100-66(39-54(2)3)83(119)103-72(82(118)96-49-76(93)112)52-129-53-79(115)99-71(41-56-22-15-13-16-23-56)89(125)109(10)75(91(127)107(73)8)44-60-26-21-38-94-47-60/h13-28,30-38,47-48,54-55,66-75,81,95,110-111H,11-12,29,39-46,49-53H2,1-10H3,(H2,93,112)(H,96,118)(H,97,113)(H,98,114)(H,99,115)(H,100,120)(H,101,121)(H,102,123)(H,103,119)(H,104,122)(H,116,117)/t66-,67-,68-,69-,70-,71-,72-,73-,74-,75-,81-/m0/s1. The molecule has 690 valence electrons. The Bertz CT molecular complexity index is 5070. The molecule has 0 unspecified atom stereocenters. The molecule has 37 heteroatoms. The number of fused-ring (bicyclic) bond motifs is 1. The SMILES string of the molecule is CCCC[C@H]1C(=O)N(C)CC(=O)N[C@@H](CC(=O)O)C(=O)N[C@@H](C(C)C)C(=O)N(C)[C@@H](Cc2ccccc2)C(=O)N[C@@H](Cc2ccc(O)cc2)C(=O)N(C)CC(=O)N[C@@H](Cc2c[nH]c3ccccc23)C(=O)N[C@@H](Cc2ccc(O)cc2)C(=O)N[C@@H](CC(C)C)C(=O)N[C@H](C(=O)NCC(N)=O)CSCC(=O)N[C@@H](Cc2ccccc2)C(=O)N(C)[C@@H](Cc2cccnc2)C(=O)N1C. The van der Waals surface area contributed by atoms with Gasteiger partial charge in [0.2, 0.25) is 88.6 Å². The van der Waals surface area contributed by atoms with Crippen LogP contribution in [0.5, 0.6) is 11.5 Å². The quantitative estimate of drug-likeness (QED) is 0.0433. The maximum absolute atomic E-state index is 15.5. The predicted molar refractivity (Wildman–Crippen MR) is 480 cm³/mol. The van der Waals surface area contributed by atoms with Gasteiger partial charge in [-0.1, -0.05) is 157 Å². The molecular weight excluding hydrogens is 1680 g/mol. The number of H-pyrrole nitrogens is 1. The number of phenols is 2. The van der Waals surface area contributed by atoms with Gasteiger partial charge in [0.05, 0.1) is 31.8 Å². The third-order valence-corrected chi connectivity index (χ3v) is 23.0. The average Bonchev–Trinajstić information content (AvgIpc) is 1.50. The van der Waals surface area contributed by atoms with Crippen molar-refractivity contribution in [3.63, 3.8) is 0 Å². The minimum atomic E-state index is -1.91. The highest BCUT2D eigenvalue weighted by atomic mass is 32.2. The van der Waals surface area contributed by atoms with Gasteiger partial charge >= 0.3 is 5.97 Å². The van der Waals surface area contributed by atoms with E-state index in [1.165, 1.54) is 96.2 Å². The van der Waals surface area contributed by atoms with Crippen molar-refractivity contribution in [1.29, 1.82) is 0 Å². The van der Waals surface area contributed by atoms with Crippen LogP contribution in [0.25, 0.3) is 10.9 Å². The summed E-state index contributed by atoms with van der Waals surface area (Å²) in [6.07, 6.45) is 2.95. The van der Waals surface area contributed by atoms with E-state index in [0.29, 0.717) is 57.1 Å². The van der Waals surface area contributed by atoms with E-state index in [2.05, 4.69) is 57.8 Å². The first kappa shape index (κ1) is 101. The Hall–Kier alpha value is -13.7. The van der Waals surface area contributed by atoms with Crippen LogP contribution < -0.4 is 53.6 Å². The molecule has 0 bridgehead atoms. The van der Waals surface area contributed by atoms with Crippen molar-refractivity contribution in [3.05, 3.63) is 198 Å². The van der Waals surface area contributed by atoms with E-state index in [0.717, 1.165) is 36.3 Å². The highest BCUT2D eigenvalue weighted by Crippen LogP contribution is 2.25. The van der Waals surface area contributed by atoms with Crippen LogP contribution in [-0.4, -0.2) is 277 Å². The van der Waals surface area contributed by atoms with Crippen molar-refractivity contribution in [2.75, 3.05) is 66.4 Å². The first-order chi connectivity index (χ1) is 61.4. The second-order valence-electron chi connectivity index (χ2n) is 32.9. The topological polar surface area (TPSA) is 513 Å². The smallest absolute Gasteiger partial charge is 0.305 e. The summed E-state index contributed by atoms with van der Waals surface area (Å²) in [5.74, 6) is -17.6. The van der Waals surface area contributed by atoms with Crippen LogP contribution in [0.1, 0.15) is 100 Å². The fourth-order valence-electron chi connectivity index (χ4n) is 14.9. The molecule has 15 amide bonds. The molecule has 3 heterocycles. The van der Waals surface area contributed by atoms with Crippen LogP contribution in [0.3, 0.4) is 0 Å². The number of nitrogens with zero attached hydrogens (tertiary/aromatic N) is 6. The summed E-state index contributed by atoms with van der Waals surface area (Å²) in [5.41, 5.74) is 8.98. The Kier molecular flexibility index (Phi) is 38.1. The van der Waals surface area contributed by atoms with Crippen LogP contribution in [-0.2, 0) is 115 Å². The molecule has 0 radical (unpaired) electrons. The molecule has 1 aliphatic rings. The summed E-state index contributed by atoms with van der Waals surface area (Å²) in [4.78, 5) is 247. The van der Waals surface area contributed by atoms with Gasteiger partial charge in [0, 0.05) is 109 Å². The van der Waals surface area contributed by atoms with Gasteiger partial charge in [-0.05, 0) is 94.5 Å². The summed E-state index contributed by atoms with van der Waals surface area (Å²) in [7, 11) is 6.49. The minimum absolute atomic E-state index is 0.0176. The number of carbonyl (C=O) groups is 16. The third kappa shape index (κ3) is 30.5. The lowest BCUT2D eigenvalue weighted by Crippen LogP contribution is -2.61. The van der Waals surface area contributed by atoms with Gasteiger partial charge in [-0.2, -0.15) is 0 Å². The number of para-hydroxylation sites is 1. The average molecular weight is 1800 g/mol. The number of aromatic amines is 1. The van der Waals surface area contributed by atoms with Crippen LogP contribution >= 0.6 is 11.8 Å². The van der Waals surface area contributed by atoms with Crippen LogP contribution in [0.15, 0.2) is 164 Å². The maximum Gasteiger partial charge on any atom is 0.305 e. The van der Waals surface area contributed by atoms with Gasteiger partial charge in [-0.3, -0.25) is 81.7 Å². The van der Waals surface area contributed by atoms with Crippen LogP contribution in [0.2, 0.25) is 0 Å². The number of aliphatic carboxylic acids is 1. The molecule has 1 saturated heterocycles. The van der Waals surface area contributed by atoms with Crippen molar-refractivity contribution in [2.45, 2.75) is 172 Å². The summed E-state index contributed by atoms with van der Waals surface area (Å²) in [6.45, 7) is 6.14. The summed E-state index contributed by atoms with van der Waals surface area (Å²) < 4.78 is 0. The Balaban J connectivity index is 1.21. The summed E-state index contributed by atoms with van der Waals surface area (Å²) in [6, 6.07) is 21.7. The van der Waals surface area contributed by atoms with Gasteiger partial charge in [0.1, 0.15) is 78.0 Å². The lowest BCUT2D eigenvalue weighted by atomic mass is 9.98. The summed E-state index contributed by atoms with van der Waals surface area (Å²) >= 11 is 0.822. The van der Waals surface area contributed by atoms with Crippen molar-refractivity contribution in [1.82, 2.24) is 82.3 Å². The molecule has 8 rings (SSSR count). The number of unbranched alkanes of at least 4 members (excludes halogenated alkanes) is 1. The number of phenolic OH excluding ortho intramolecular Hbond substituents is 2. The predicted octanol–water partition coefficient (Wildman–Crippen LogP) is 1.72. The molecule has 1 aliphatic heterocycles. The second-order valence-corrected chi connectivity index (χ2v) is 34.0. The molecular formula is C92H117N17O19S. The van der Waals surface area contributed by atoms with Crippen molar-refractivity contribution < 1.29 is 92.0 Å². The molecule has 5 aromatic carbocycles. The van der Waals surface area contributed by atoms with Gasteiger partial charge < -0.3 is 98.4 Å². The number of rotatable bonds is 23. The molecule has 0 spiro atoms. The number of hydrogen-bond acceptors (Lipinski definition) is 20. The number of carboxylic acid groups (broad SMARTS) is 1. The molecule has 11 atom stereocenters. The highest BCUT2D eigenvalue weighted by Gasteiger charge is 2.42. The number of aromatic hydroxyl groups is 2. The maximum atomic E-state index is 15.5. The van der Waals surface area contributed by atoms with E-state index in [1.807, 2.05) is 6.92 Å². The normalized spacial score (nSPS) is 21.9. The van der Waals surface area contributed by atoms with Gasteiger partial charge in [0.25, 0.3) is 0 Å². The molecule has 15 N–H and O–H groups in total. The fraction of sp³-hybridized carbons (Fsp3) is 0.424. The first-order valence-electron chi connectivity index (χ1n) is 42.5. The Morgan fingerprint density at radius 2 is 0.969 bits per heavy atom. The lowest BCUT2D eigenvalue weighted by molar-refractivity contribution is -0.151. The Morgan fingerprint density at radius 1 is 0.488 bits per heavy atom. The Morgan fingerprint density at radius 3 is 1.53 bits per heavy atom. The van der Waals surface area contributed by atoms with E-state index >= 15 is 33.6 Å². The molecule has 7 aromatic rings. The van der Waals surface area contributed by atoms with Crippen molar-refractivity contribution in [2.24, 2.45) is 17.6 Å². The zero-order valence-electron chi connectivity index (χ0n) is 74.0. The number of benzene rings is 5. The van der Waals surface area contributed by atoms with Crippen LogP contribution in [0, 0.1) is 11.8 Å². The monoisotopic (exact) mass is 1800 g/mol. The van der Waals surface area contributed by atoms with Crippen LogP contribution in [0.4, 0.5) is 0 Å². The number of amides is 15. The number of pyridine rings is 1. The fourth-order valence-corrected chi connectivity index (χ4v) is 15.7. The van der Waals surface area contributed by atoms with E-state index in [-0.39, 0.29) is 68.8 Å². The Labute approximate surface area is 752 Å². The van der Waals surface area contributed by atoms with Crippen molar-refractivity contribution in [3.8, 4) is 11.5 Å². The third-order valence-electron chi connectivity index (χ3n) is 21.9. The largest absolute Gasteiger partial charge is 0.508 e. The van der Waals surface area contributed by atoms with Gasteiger partial charge in [-0.15, -0.1) is 11.8 Å². The van der Waals surface area contributed by atoms with E-state index in [9.17, 15) is 58.5 Å². The second kappa shape index (κ2) is 48.8. The van der Waals surface area contributed by atoms with E-state index in [4.69, 9.17) is 5.73 Å². The van der Waals surface area contributed by atoms with Gasteiger partial charge in [0.15, 0.2) is 0 Å². The zero-order chi connectivity index (χ0) is 94.3. The summed E-state index contributed by atoms with van der Waals surface area (Å²) in [5, 5.41) is 55.5. The zero-order valence-corrected chi connectivity index (χ0v) is 74.8. The number of nitrogens with two attached hydrogens (primary N) is 1. The number of likely N-dealkylation sites (N-methyl/N-ethyl adjacent to an activating group) is 5. The first-order valence-corrected chi connectivity index (χ1v) is 43.7. The number of thioether (sulfide) groups is 1. The number of primary amides is 1. The molecule has 2 aromatic heterocycles. The number of nitrogens with one attached hydrogen (secondary N) is 10. The van der Waals surface area contributed by atoms with Gasteiger partial charge in [-0.25, -0.2) is 0 Å². The van der Waals surface area contributed by atoms with Crippen molar-refractivity contribution >= 4 is 117 Å². The number of carbonyl (C=O) groups excluding carboxylic acids is 15. The molecule has 1 fully saturated rings. The molecule has 0 aliphatic carbocycles. The van der Waals surface area contributed by atoms with E-state index < -0.39 is 205 Å². The minimum Gasteiger partial charge on any atom is -0.508 e. The lowest BCUT2D eigenvalue weighted by Gasteiger charge is -2.37. The number of carboxylic acids is 1. The number of aromatic nitrogens is 2. The molecule has 129 heavy (non-hydrogen) atoms. The van der Waals surface area contributed by atoms with E-state index in [1.54, 1.807) is 131 Å². The highest BCUT2D eigenvalue weighted by molar-refractivity contribution is 8.00. The number of hydrogen-bond donors (Lipinski definition) is 14. The molecule has 36 nitrogen and oxygen atoms in total.